The van der Waals surface area contributed by atoms with E-state index < -0.39 is 0 Å². The molecule has 1 heterocycles. The first kappa shape index (κ1) is 16.3. The molecule has 0 saturated carbocycles. The molecule has 4 heteroatoms. The summed E-state index contributed by atoms with van der Waals surface area (Å²) in [5.74, 6) is 1.65. The van der Waals surface area contributed by atoms with Gasteiger partial charge in [0.05, 0.1) is 0 Å². The predicted octanol–water partition coefficient (Wildman–Crippen LogP) is 2.07. The highest BCUT2D eigenvalue weighted by atomic mass is 15.2. The van der Waals surface area contributed by atoms with Gasteiger partial charge in [0.1, 0.15) is 0 Å². The standard InChI is InChI=1S/C15H32N4/c1-12(2)11-19-9-7-8-13(19)10-17-14(16-6)18-15(3,4)5/h12-13H,7-11H2,1-6H3,(H2,16,17,18)/t13-/m1/s1. The quantitative estimate of drug-likeness (QED) is 0.606. The minimum absolute atomic E-state index is 0.0507. The largest absolute Gasteiger partial charge is 0.355 e. The van der Waals surface area contributed by atoms with E-state index in [1.54, 1.807) is 0 Å². The summed E-state index contributed by atoms with van der Waals surface area (Å²) in [5, 5.41) is 6.87. The van der Waals surface area contributed by atoms with E-state index in [1.165, 1.54) is 25.9 Å². The van der Waals surface area contributed by atoms with Crippen LogP contribution in [0.25, 0.3) is 0 Å². The number of nitrogens with one attached hydrogen (secondary N) is 2. The van der Waals surface area contributed by atoms with Crippen LogP contribution in [0, 0.1) is 5.92 Å². The first-order valence-electron chi connectivity index (χ1n) is 7.54. The second kappa shape index (κ2) is 7.13. The van der Waals surface area contributed by atoms with Crippen LogP contribution in [0.15, 0.2) is 4.99 Å². The Morgan fingerprint density at radius 1 is 1.37 bits per heavy atom. The smallest absolute Gasteiger partial charge is 0.191 e. The Balaban J connectivity index is 2.42. The number of nitrogens with zero attached hydrogens (tertiary/aromatic N) is 2. The molecule has 0 unspecified atom stereocenters. The Labute approximate surface area is 119 Å². The molecule has 2 N–H and O–H groups in total. The molecule has 4 nitrogen and oxygen atoms in total. The molecular weight excluding hydrogens is 236 g/mol. The van der Waals surface area contributed by atoms with Crippen molar-refractivity contribution in [3.8, 4) is 0 Å². The molecule has 1 aliphatic rings. The maximum Gasteiger partial charge on any atom is 0.191 e. The zero-order valence-corrected chi connectivity index (χ0v) is 13.6. The topological polar surface area (TPSA) is 39.7 Å². The Bertz CT molecular complexity index is 291. The summed E-state index contributed by atoms with van der Waals surface area (Å²) < 4.78 is 0. The number of rotatable bonds is 4. The molecule has 0 radical (unpaired) electrons. The first-order valence-corrected chi connectivity index (χ1v) is 7.54. The zero-order chi connectivity index (χ0) is 14.5. The minimum Gasteiger partial charge on any atom is -0.355 e. The highest BCUT2D eigenvalue weighted by molar-refractivity contribution is 5.80. The average molecular weight is 268 g/mol. The lowest BCUT2D eigenvalue weighted by molar-refractivity contribution is 0.226. The fourth-order valence-corrected chi connectivity index (χ4v) is 2.58. The van der Waals surface area contributed by atoms with Crippen LogP contribution in [0.4, 0.5) is 0 Å². The molecule has 1 rings (SSSR count). The summed E-state index contributed by atoms with van der Waals surface area (Å²) in [5.41, 5.74) is 0.0507. The Morgan fingerprint density at radius 3 is 2.58 bits per heavy atom. The second-order valence-electron chi connectivity index (χ2n) is 7.01. The molecule has 0 bridgehead atoms. The van der Waals surface area contributed by atoms with Gasteiger partial charge in [-0.25, -0.2) is 0 Å². The molecular formula is C15H32N4. The lowest BCUT2D eigenvalue weighted by atomic mass is 10.1. The summed E-state index contributed by atoms with van der Waals surface area (Å²) in [7, 11) is 1.83. The van der Waals surface area contributed by atoms with Crippen LogP contribution in [0.2, 0.25) is 0 Å². The van der Waals surface area contributed by atoms with Crippen LogP contribution < -0.4 is 10.6 Å². The molecule has 0 aliphatic carbocycles. The van der Waals surface area contributed by atoms with Gasteiger partial charge in [-0.05, 0) is 46.1 Å². The Hall–Kier alpha value is -0.770. The minimum atomic E-state index is 0.0507. The van der Waals surface area contributed by atoms with Crippen LogP contribution in [0.3, 0.4) is 0 Å². The molecule has 1 atom stereocenters. The molecule has 1 fully saturated rings. The molecule has 1 aliphatic heterocycles. The van der Waals surface area contributed by atoms with Gasteiger partial charge in [0.25, 0.3) is 0 Å². The van der Waals surface area contributed by atoms with E-state index in [2.05, 4.69) is 55.1 Å². The summed E-state index contributed by atoms with van der Waals surface area (Å²) in [4.78, 5) is 6.91. The molecule has 0 amide bonds. The summed E-state index contributed by atoms with van der Waals surface area (Å²) in [6.45, 7) is 14.5. The van der Waals surface area contributed by atoms with Crippen molar-refractivity contribution in [2.24, 2.45) is 10.9 Å². The van der Waals surface area contributed by atoms with E-state index in [9.17, 15) is 0 Å². The molecule has 19 heavy (non-hydrogen) atoms. The second-order valence-corrected chi connectivity index (χ2v) is 7.01. The van der Waals surface area contributed by atoms with Gasteiger partial charge < -0.3 is 10.6 Å². The van der Waals surface area contributed by atoms with Crippen LogP contribution in [0.5, 0.6) is 0 Å². The van der Waals surface area contributed by atoms with Crippen LogP contribution >= 0.6 is 0 Å². The Morgan fingerprint density at radius 2 is 2.05 bits per heavy atom. The van der Waals surface area contributed by atoms with Gasteiger partial charge in [-0.3, -0.25) is 9.89 Å². The van der Waals surface area contributed by atoms with E-state index in [4.69, 9.17) is 0 Å². The van der Waals surface area contributed by atoms with E-state index in [0.29, 0.717) is 6.04 Å². The third-order valence-electron chi connectivity index (χ3n) is 3.32. The number of likely N-dealkylation sites (tertiary alicyclic amines) is 1. The number of aliphatic imine (C=N–C) groups is 1. The monoisotopic (exact) mass is 268 g/mol. The Kier molecular flexibility index (Phi) is 6.11. The van der Waals surface area contributed by atoms with Crippen molar-refractivity contribution in [3.63, 3.8) is 0 Å². The van der Waals surface area contributed by atoms with Gasteiger partial charge in [0.2, 0.25) is 0 Å². The van der Waals surface area contributed by atoms with Crippen LogP contribution in [-0.2, 0) is 0 Å². The summed E-state index contributed by atoms with van der Waals surface area (Å²) in [6, 6.07) is 0.654. The molecule has 0 aromatic rings. The molecule has 0 aromatic heterocycles. The van der Waals surface area contributed by atoms with Gasteiger partial charge in [-0.2, -0.15) is 0 Å². The fourth-order valence-electron chi connectivity index (χ4n) is 2.58. The fraction of sp³-hybridized carbons (Fsp3) is 0.933. The van der Waals surface area contributed by atoms with Crippen LogP contribution in [0.1, 0.15) is 47.5 Å². The van der Waals surface area contributed by atoms with E-state index in [0.717, 1.165) is 18.4 Å². The third kappa shape index (κ3) is 6.28. The van der Waals surface area contributed by atoms with Crippen molar-refractivity contribution >= 4 is 5.96 Å². The SMILES string of the molecule is CN=C(NC[C@H]1CCCN1CC(C)C)NC(C)(C)C. The average Bonchev–Trinajstić information content (AvgIpc) is 2.69. The molecule has 112 valence electrons. The zero-order valence-electron chi connectivity index (χ0n) is 13.6. The third-order valence-corrected chi connectivity index (χ3v) is 3.32. The van der Waals surface area contributed by atoms with E-state index >= 15 is 0 Å². The van der Waals surface area contributed by atoms with E-state index in [1.807, 2.05) is 7.05 Å². The van der Waals surface area contributed by atoms with Gasteiger partial charge in [0.15, 0.2) is 5.96 Å². The van der Waals surface area contributed by atoms with Crippen molar-refractivity contribution in [2.75, 3.05) is 26.7 Å². The molecule has 0 spiro atoms. The number of hydrogen-bond acceptors (Lipinski definition) is 2. The highest BCUT2D eigenvalue weighted by Crippen LogP contribution is 2.17. The predicted molar refractivity (Wildman–Crippen MR) is 83.7 cm³/mol. The normalized spacial score (nSPS) is 22.1. The maximum absolute atomic E-state index is 4.30. The van der Waals surface area contributed by atoms with Crippen molar-refractivity contribution in [1.29, 1.82) is 0 Å². The van der Waals surface area contributed by atoms with Crippen molar-refractivity contribution in [2.45, 2.75) is 59.0 Å². The lowest BCUT2D eigenvalue weighted by Crippen LogP contribution is -2.50. The summed E-state index contributed by atoms with van der Waals surface area (Å²) >= 11 is 0. The highest BCUT2D eigenvalue weighted by Gasteiger charge is 2.25. The molecule has 1 saturated heterocycles. The first-order chi connectivity index (χ1) is 8.81. The number of guanidine groups is 1. The van der Waals surface area contributed by atoms with Gasteiger partial charge in [-0.1, -0.05) is 13.8 Å². The molecule has 0 aromatic carbocycles. The summed E-state index contributed by atoms with van der Waals surface area (Å²) in [6.07, 6.45) is 2.62. The van der Waals surface area contributed by atoms with Crippen LogP contribution in [-0.4, -0.2) is 49.1 Å². The number of hydrogen-bond donors (Lipinski definition) is 2. The van der Waals surface area contributed by atoms with Gasteiger partial charge >= 0.3 is 0 Å². The van der Waals surface area contributed by atoms with Gasteiger partial charge in [0, 0.05) is 31.7 Å². The lowest BCUT2D eigenvalue weighted by Gasteiger charge is -2.28. The maximum atomic E-state index is 4.30. The van der Waals surface area contributed by atoms with Crippen molar-refractivity contribution < 1.29 is 0 Å². The van der Waals surface area contributed by atoms with Gasteiger partial charge in [-0.15, -0.1) is 0 Å². The van der Waals surface area contributed by atoms with Crippen molar-refractivity contribution in [1.82, 2.24) is 15.5 Å². The van der Waals surface area contributed by atoms with E-state index in [-0.39, 0.29) is 5.54 Å². The van der Waals surface area contributed by atoms with Crippen molar-refractivity contribution in [3.05, 3.63) is 0 Å².